The fourth-order valence-electron chi connectivity index (χ4n) is 1.59. The zero-order chi connectivity index (χ0) is 13.7. The number of hydrogen-bond acceptors (Lipinski definition) is 4. The van der Waals surface area contributed by atoms with Crippen LogP contribution in [0.4, 0.5) is 4.79 Å². The number of carbonyl (C=O) groups is 2. The standard InChI is InChI=1S/C13H13N3O3/c1-19-11-7-3-2-5-10(11)6-4-8-14-16-9-12(17)15-13(16)18/h2-8H,9H2,1H3,(H,15,17,18). The van der Waals surface area contributed by atoms with Crippen molar-refractivity contribution in [2.75, 3.05) is 13.7 Å². The molecular formula is C13H13N3O3. The molecule has 6 nitrogen and oxygen atoms in total. The first-order chi connectivity index (χ1) is 9.20. The molecule has 0 aromatic heterocycles. The lowest BCUT2D eigenvalue weighted by molar-refractivity contribution is -0.118. The van der Waals surface area contributed by atoms with Crippen LogP contribution in [-0.4, -0.2) is 36.8 Å². The minimum Gasteiger partial charge on any atom is -0.496 e. The number of ether oxygens (including phenoxy) is 1. The monoisotopic (exact) mass is 259 g/mol. The first-order valence-corrected chi connectivity index (χ1v) is 5.65. The molecule has 0 spiro atoms. The van der Waals surface area contributed by atoms with E-state index in [2.05, 4.69) is 10.4 Å². The average Bonchev–Trinajstić information content (AvgIpc) is 2.73. The molecule has 0 unspecified atom stereocenters. The Hall–Kier alpha value is -2.63. The van der Waals surface area contributed by atoms with E-state index in [-0.39, 0.29) is 12.5 Å². The fraction of sp³-hybridized carbons (Fsp3) is 0.154. The number of urea groups is 1. The quantitative estimate of drug-likeness (QED) is 0.653. The molecule has 0 aliphatic carbocycles. The maximum atomic E-state index is 11.2. The highest BCUT2D eigenvalue weighted by atomic mass is 16.5. The van der Waals surface area contributed by atoms with Crippen LogP contribution in [0.5, 0.6) is 5.75 Å². The van der Waals surface area contributed by atoms with Crippen LogP contribution in [0.25, 0.3) is 6.08 Å². The van der Waals surface area contributed by atoms with Gasteiger partial charge in [0.15, 0.2) is 0 Å². The predicted molar refractivity (Wildman–Crippen MR) is 70.8 cm³/mol. The molecule has 1 aliphatic heterocycles. The molecule has 1 aromatic rings. The van der Waals surface area contributed by atoms with Crippen molar-refractivity contribution in [2.45, 2.75) is 0 Å². The normalized spacial score (nSPS) is 15.5. The second-order valence-electron chi connectivity index (χ2n) is 3.78. The van der Waals surface area contributed by atoms with Crippen molar-refractivity contribution in [1.29, 1.82) is 0 Å². The molecule has 1 aliphatic rings. The van der Waals surface area contributed by atoms with Crippen LogP contribution in [-0.2, 0) is 4.79 Å². The molecule has 6 heteroatoms. The lowest BCUT2D eigenvalue weighted by Gasteiger charge is -2.03. The highest BCUT2D eigenvalue weighted by Crippen LogP contribution is 2.18. The summed E-state index contributed by atoms with van der Waals surface area (Å²) in [7, 11) is 1.60. The first-order valence-electron chi connectivity index (χ1n) is 5.65. The molecule has 1 N–H and O–H groups in total. The average molecular weight is 259 g/mol. The number of benzene rings is 1. The van der Waals surface area contributed by atoms with Crippen molar-refractivity contribution >= 4 is 24.2 Å². The van der Waals surface area contributed by atoms with Crippen LogP contribution in [0.3, 0.4) is 0 Å². The lowest BCUT2D eigenvalue weighted by atomic mass is 10.2. The zero-order valence-corrected chi connectivity index (χ0v) is 10.4. The Labute approximate surface area is 110 Å². The number of allylic oxidation sites excluding steroid dienone is 1. The maximum absolute atomic E-state index is 11.2. The largest absolute Gasteiger partial charge is 0.496 e. The summed E-state index contributed by atoms with van der Waals surface area (Å²) in [6.07, 6.45) is 4.93. The SMILES string of the molecule is COc1ccccc1C=CC=NN1CC(=O)NC1=O. The van der Waals surface area contributed by atoms with Crippen LogP contribution in [0, 0.1) is 0 Å². The predicted octanol–water partition coefficient (Wildman–Crippen LogP) is 1.25. The number of hydrazone groups is 1. The summed E-state index contributed by atoms with van der Waals surface area (Å²) in [4.78, 5) is 22.1. The van der Waals surface area contributed by atoms with E-state index in [0.717, 1.165) is 16.3 Å². The van der Waals surface area contributed by atoms with Gasteiger partial charge in [-0.15, -0.1) is 0 Å². The minimum absolute atomic E-state index is 0.0438. The zero-order valence-electron chi connectivity index (χ0n) is 10.4. The molecule has 1 saturated heterocycles. The Morgan fingerprint density at radius 1 is 1.37 bits per heavy atom. The van der Waals surface area contributed by atoms with Gasteiger partial charge in [0, 0.05) is 11.8 Å². The number of hydrogen-bond donors (Lipinski definition) is 1. The van der Waals surface area contributed by atoms with Gasteiger partial charge in [0.25, 0.3) is 0 Å². The molecule has 19 heavy (non-hydrogen) atoms. The highest BCUT2D eigenvalue weighted by molar-refractivity contribution is 6.02. The molecule has 3 amide bonds. The number of nitrogens with one attached hydrogen (secondary N) is 1. The molecule has 0 radical (unpaired) electrons. The summed E-state index contributed by atoms with van der Waals surface area (Å²) in [5, 5.41) is 7.07. The minimum atomic E-state index is -0.507. The van der Waals surface area contributed by atoms with E-state index in [1.807, 2.05) is 24.3 Å². The molecule has 98 valence electrons. The van der Waals surface area contributed by atoms with Crippen LogP contribution < -0.4 is 10.1 Å². The summed E-state index contributed by atoms with van der Waals surface area (Å²) in [5.74, 6) is 0.400. The van der Waals surface area contributed by atoms with Gasteiger partial charge in [-0.25, -0.2) is 9.80 Å². The lowest BCUT2D eigenvalue weighted by Crippen LogP contribution is -2.23. The van der Waals surface area contributed by atoms with Crippen molar-refractivity contribution in [3.05, 3.63) is 35.9 Å². The Morgan fingerprint density at radius 3 is 2.84 bits per heavy atom. The van der Waals surface area contributed by atoms with Gasteiger partial charge in [-0.2, -0.15) is 5.10 Å². The number of rotatable bonds is 4. The van der Waals surface area contributed by atoms with E-state index in [1.54, 1.807) is 19.3 Å². The van der Waals surface area contributed by atoms with E-state index < -0.39 is 6.03 Å². The molecular weight excluding hydrogens is 246 g/mol. The molecule has 0 bridgehead atoms. The van der Waals surface area contributed by atoms with Gasteiger partial charge < -0.3 is 4.74 Å². The number of nitrogens with zero attached hydrogens (tertiary/aromatic N) is 2. The highest BCUT2D eigenvalue weighted by Gasteiger charge is 2.25. The Bertz CT molecular complexity index is 552. The third kappa shape index (κ3) is 3.19. The van der Waals surface area contributed by atoms with Gasteiger partial charge >= 0.3 is 6.03 Å². The van der Waals surface area contributed by atoms with Gasteiger partial charge in [0.05, 0.1) is 7.11 Å². The van der Waals surface area contributed by atoms with Crippen molar-refractivity contribution in [2.24, 2.45) is 5.10 Å². The number of amides is 3. The van der Waals surface area contributed by atoms with E-state index in [9.17, 15) is 9.59 Å². The van der Waals surface area contributed by atoms with Gasteiger partial charge in [-0.1, -0.05) is 18.2 Å². The Balaban J connectivity index is 2.00. The van der Waals surface area contributed by atoms with Crippen molar-refractivity contribution in [3.63, 3.8) is 0 Å². The Morgan fingerprint density at radius 2 is 2.16 bits per heavy atom. The van der Waals surface area contributed by atoms with Gasteiger partial charge in [0.2, 0.25) is 5.91 Å². The molecule has 2 rings (SSSR count). The van der Waals surface area contributed by atoms with Crippen molar-refractivity contribution < 1.29 is 14.3 Å². The third-order valence-corrected chi connectivity index (χ3v) is 2.48. The van der Waals surface area contributed by atoms with Crippen LogP contribution in [0.2, 0.25) is 0 Å². The molecule has 0 saturated carbocycles. The summed E-state index contributed by atoms with van der Waals surface area (Å²) < 4.78 is 5.19. The van der Waals surface area contributed by atoms with Crippen LogP contribution in [0.15, 0.2) is 35.4 Å². The smallest absolute Gasteiger partial charge is 0.344 e. The van der Waals surface area contributed by atoms with Gasteiger partial charge in [-0.05, 0) is 18.2 Å². The second kappa shape index (κ2) is 5.81. The summed E-state index contributed by atoms with van der Waals surface area (Å²) in [6.45, 7) is -0.0438. The summed E-state index contributed by atoms with van der Waals surface area (Å²) in [6, 6.07) is 7.02. The number of imide groups is 1. The second-order valence-corrected chi connectivity index (χ2v) is 3.78. The Kier molecular flexibility index (Phi) is 3.92. The fourth-order valence-corrected chi connectivity index (χ4v) is 1.59. The number of carbonyl (C=O) groups excluding carboxylic acids is 2. The van der Waals surface area contributed by atoms with E-state index in [1.165, 1.54) is 6.21 Å². The molecule has 1 heterocycles. The van der Waals surface area contributed by atoms with Crippen LogP contribution >= 0.6 is 0 Å². The van der Waals surface area contributed by atoms with Crippen molar-refractivity contribution in [1.82, 2.24) is 10.3 Å². The third-order valence-electron chi connectivity index (χ3n) is 2.48. The van der Waals surface area contributed by atoms with Crippen LogP contribution in [0.1, 0.15) is 5.56 Å². The van der Waals surface area contributed by atoms with Gasteiger partial charge in [-0.3, -0.25) is 10.1 Å². The van der Waals surface area contributed by atoms with E-state index >= 15 is 0 Å². The first kappa shape index (κ1) is 12.8. The molecule has 0 atom stereocenters. The summed E-state index contributed by atoms with van der Waals surface area (Å²) >= 11 is 0. The van der Waals surface area contributed by atoms with Gasteiger partial charge in [0.1, 0.15) is 12.3 Å². The maximum Gasteiger partial charge on any atom is 0.344 e. The molecule has 1 fully saturated rings. The van der Waals surface area contributed by atoms with E-state index in [4.69, 9.17) is 4.74 Å². The number of methoxy groups -OCH3 is 1. The van der Waals surface area contributed by atoms with E-state index in [0.29, 0.717) is 0 Å². The molecule has 1 aromatic carbocycles. The number of para-hydroxylation sites is 1. The summed E-state index contributed by atoms with van der Waals surface area (Å²) in [5.41, 5.74) is 0.901. The van der Waals surface area contributed by atoms with Crippen molar-refractivity contribution in [3.8, 4) is 5.75 Å². The topological polar surface area (TPSA) is 71.0 Å².